The molecule has 0 spiro atoms. The summed E-state index contributed by atoms with van der Waals surface area (Å²) in [5, 5.41) is 12.0. The maximum absolute atomic E-state index is 10.2. The minimum atomic E-state index is 0.337. The largest absolute Gasteiger partial charge is 0.242 e. The van der Waals surface area contributed by atoms with Crippen LogP contribution < -0.4 is 0 Å². The predicted octanol–water partition coefficient (Wildman–Crippen LogP) is 1.81. The van der Waals surface area contributed by atoms with Gasteiger partial charge >= 0.3 is 0 Å². The summed E-state index contributed by atoms with van der Waals surface area (Å²) in [5.41, 5.74) is 1.09. The van der Waals surface area contributed by atoms with Gasteiger partial charge in [-0.15, -0.1) is 10.1 Å². The molecule has 0 atom stereocenters. The number of thiazole rings is 1. The van der Waals surface area contributed by atoms with Crippen molar-refractivity contribution in [2.24, 2.45) is 4.99 Å². The topological polar surface area (TPSA) is 85.9 Å². The van der Waals surface area contributed by atoms with Gasteiger partial charge in [0.1, 0.15) is 0 Å². The summed E-state index contributed by atoms with van der Waals surface area (Å²) in [6.45, 7) is 0.563. The van der Waals surface area contributed by atoms with E-state index in [-0.39, 0.29) is 0 Å². The highest BCUT2D eigenvalue weighted by Gasteiger charge is 2.12. The van der Waals surface area contributed by atoms with E-state index in [9.17, 15) is 4.79 Å². The number of nitrogens with zero attached hydrogens (tertiary/aromatic N) is 6. The summed E-state index contributed by atoms with van der Waals surface area (Å²) in [4.78, 5) is 18.4. The van der Waals surface area contributed by atoms with E-state index in [0.29, 0.717) is 17.5 Å². The smallest absolute Gasteiger partial charge is 0.225 e. The van der Waals surface area contributed by atoms with Crippen LogP contribution in [0.1, 0.15) is 5.56 Å². The Morgan fingerprint density at radius 3 is 2.95 bits per heavy atom. The fourth-order valence-electron chi connectivity index (χ4n) is 1.70. The Bertz CT molecular complexity index is 759. The molecular formula is C12H8N6OS. The van der Waals surface area contributed by atoms with Gasteiger partial charge in [0.25, 0.3) is 0 Å². The minimum absolute atomic E-state index is 0.337. The van der Waals surface area contributed by atoms with Crippen LogP contribution in [-0.4, -0.2) is 31.3 Å². The van der Waals surface area contributed by atoms with E-state index in [4.69, 9.17) is 0 Å². The van der Waals surface area contributed by atoms with E-state index in [1.165, 1.54) is 17.4 Å². The third-order valence-electron chi connectivity index (χ3n) is 2.56. The zero-order valence-corrected chi connectivity index (χ0v) is 11.0. The third-order valence-corrected chi connectivity index (χ3v) is 3.45. The predicted molar refractivity (Wildman–Crippen MR) is 72.3 cm³/mol. The van der Waals surface area contributed by atoms with Crippen molar-refractivity contribution < 1.29 is 4.79 Å². The number of hydrogen-bond donors (Lipinski definition) is 0. The molecule has 0 amide bonds. The van der Waals surface area contributed by atoms with Crippen LogP contribution in [0.4, 0.5) is 5.13 Å². The van der Waals surface area contributed by atoms with E-state index in [0.717, 1.165) is 10.4 Å². The monoisotopic (exact) mass is 284 g/mol. The molecule has 0 bridgehead atoms. The highest BCUT2D eigenvalue weighted by molar-refractivity contribution is 7.18. The lowest BCUT2D eigenvalue weighted by molar-refractivity contribution is 0.565. The summed E-state index contributed by atoms with van der Waals surface area (Å²) in [7, 11) is 0. The molecule has 3 aromatic rings. The number of aliphatic imine (C=N–C) groups is 1. The number of benzene rings is 1. The van der Waals surface area contributed by atoms with Gasteiger partial charge in [0.2, 0.25) is 11.2 Å². The maximum Gasteiger partial charge on any atom is 0.242 e. The van der Waals surface area contributed by atoms with Gasteiger partial charge in [-0.1, -0.05) is 41.7 Å². The van der Waals surface area contributed by atoms with Crippen LogP contribution in [-0.2, 0) is 11.3 Å². The van der Waals surface area contributed by atoms with Crippen LogP contribution in [0.2, 0.25) is 0 Å². The van der Waals surface area contributed by atoms with Gasteiger partial charge in [-0.3, -0.25) is 0 Å². The van der Waals surface area contributed by atoms with Crippen LogP contribution in [0.5, 0.6) is 0 Å². The number of isocyanates is 1. The summed E-state index contributed by atoms with van der Waals surface area (Å²) in [5.74, 6) is 0.596. The molecule has 0 fully saturated rings. The van der Waals surface area contributed by atoms with Gasteiger partial charge in [-0.2, -0.15) is 0 Å². The molecule has 2 heterocycles. The SMILES string of the molecule is O=C=Nc1ncc(-c2nnnn2Cc2ccccc2)s1. The molecule has 20 heavy (non-hydrogen) atoms. The number of tetrazole rings is 1. The van der Waals surface area contributed by atoms with Crippen LogP contribution in [0.3, 0.4) is 0 Å². The van der Waals surface area contributed by atoms with E-state index in [1.54, 1.807) is 10.9 Å². The zero-order valence-electron chi connectivity index (χ0n) is 10.2. The molecule has 0 saturated heterocycles. The van der Waals surface area contributed by atoms with Crippen molar-refractivity contribution in [1.29, 1.82) is 0 Å². The van der Waals surface area contributed by atoms with Gasteiger partial charge in [0, 0.05) is 0 Å². The van der Waals surface area contributed by atoms with Crippen LogP contribution in [0, 0.1) is 0 Å². The van der Waals surface area contributed by atoms with E-state index in [1.807, 2.05) is 30.3 Å². The second-order valence-corrected chi connectivity index (χ2v) is 4.87. The first kappa shape index (κ1) is 12.3. The van der Waals surface area contributed by atoms with Gasteiger partial charge < -0.3 is 0 Å². The van der Waals surface area contributed by atoms with Crippen molar-refractivity contribution in [3.8, 4) is 10.7 Å². The normalized spacial score (nSPS) is 10.2. The van der Waals surface area contributed by atoms with Crippen molar-refractivity contribution in [3.05, 3.63) is 42.1 Å². The van der Waals surface area contributed by atoms with Crippen molar-refractivity contribution >= 4 is 22.5 Å². The molecule has 7 nitrogen and oxygen atoms in total. The highest BCUT2D eigenvalue weighted by atomic mass is 32.1. The molecular weight excluding hydrogens is 276 g/mol. The maximum atomic E-state index is 10.2. The standard InChI is InChI=1S/C12H8N6OS/c19-8-14-12-13-6-10(20-12)11-15-16-17-18(11)7-9-4-2-1-3-5-9/h1-6H,7H2. The minimum Gasteiger partial charge on any atom is -0.225 e. The Morgan fingerprint density at radius 1 is 1.30 bits per heavy atom. The number of rotatable bonds is 4. The first-order valence-electron chi connectivity index (χ1n) is 5.71. The third kappa shape index (κ3) is 2.51. The molecule has 0 aliphatic heterocycles. The molecule has 0 N–H and O–H groups in total. The lowest BCUT2D eigenvalue weighted by atomic mass is 10.2. The van der Waals surface area contributed by atoms with E-state index >= 15 is 0 Å². The second-order valence-electron chi connectivity index (χ2n) is 3.86. The lowest BCUT2D eigenvalue weighted by Gasteiger charge is -2.02. The van der Waals surface area contributed by atoms with Crippen LogP contribution in [0.25, 0.3) is 10.7 Å². The fraction of sp³-hybridized carbons (Fsp3) is 0.0833. The zero-order chi connectivity index (χ0) is 13.8. The second kappa shape index (κ2) is 5.52. The molecule has 0 unspecified atom stereocenters. The highest BCUT2D eigenvalue weighted by Crippen LogP contribution is 2.28. The van der Waals surface area contributed by atoms with Crippen LogP contribution >= 0.6 is 11.3 Å². The van der Waals surface area contributed by atoms with Crippen molar-refractivity contribution in [1.82, 2.24) is 25.2 Å². The molecule has 3 rings (SSSR count). The summed E-state index contributed by atoms with van der Waals surface area (Å²) in [6, 6.07) is 9.88. The molecule has 8 heteroatoms. The lowest BCUT2D eigenvalue weighted by Crippen LogP contribution is -2.03. The number of carbonyl (C=O) groups excluding carboxylic acids is 1. The van der Waals surface area contributed by atoms with Gasteiger partial charge in [-0.25, -0.2) is 14.5 Å². The molecule has 0 aliphatic carbocycles. The molecule has 0 saturated carbocycles. The van der Waals surface area contributed by atoms with Crippen molar-refractivity contribution in [2.75, 3.05) is 0 Å². The molecule has 98 valence electrons. The molecule has 0 radical (unpaired) electrons. The van der Waals surface area contributed by atoms with Crippen LogP contribution in [0.15, 0.2) is 41.5 Å². The summed E-state index contributed by atoms with van der Waals surface area (Å²) in [6.07, 6.45) is 3.05. The summed E-state index contributed by atoms with van der Waals surface area (Å²) >= 11 is 1.24. The quantitative estimate of drug-likeness (QED) is 0.538. The van der Waals surface area contributed by atoms with E-state index < -0.39 is 0 Å². The number of aromatic nitrogens is 5. The Morgan fingerprint density at radius 2 is 2.15 bits per heavy atom. The Balaban J connectivity index is 1.91. The van der Waals surface area contributed by atoms with Gasteiger partial charge in [-0.05, 0) is 16.0 Å². The van der Waals surface area contributed by atoms with Gasteiger partial charge in [0.05, 0.1) is 17.6 Å². The molecule has 1 aromatic carbocycles. The average molecular weight is 284 g/mol. The molecule has 0 aliphatic rings. The fourth-order valence-corrected chi connectivity index (χ4v) is 2.43. The van der Waals surface area contributed by atoms with Gasteiger partial charge in [0.15, 0.2) is 5.82 Å². The number of hydrogen-bond acceptors (Lipinski definition) is 7. The van der Waals surface area contributed by atoms with Crippen molar-refractivity contribution in [3.63, 3.8) is 0 Å². The Kier molecular flexibility index (Phi) is 3.40. The van der Waals surface area contributed by atoms with E-state index in [2.05, 4.69) is 25.5 Å². The first-order chi connectivity index (χ1) is 9.86. The first-order valence-corrected chi connectivity index (χ1v) is 6.52. The summed E-state index contributed by atoms with van der Waals surface area (Å²) < 4.78 is 1.68. The Labute approximate surface area is 117 Å². The average Bonchev–Trinajstić information content (AvgIpc) is 3.09. The Hall–Kier alpha value is -2.70. The molecule has 2 aromatic heterocycles. The van der Waals surface area contributed by atoms with Crippen molar-refractivity contribution in [2.45, 2.75) is 6.54 Å².